The minimum atomic E-state index is -1.20. The summed E-state index contributed by atoms with van der Waals surface area (Å²) in [7, 11) is 1.57. The highest BCUT2D eigenvalue weighted by Gasteiger charge is 2.31. The van der Waals surface area contributed by atoms with Crippen LogP contribution < -0.4 is 4.74 Å². The monoisotopic (exact) mass is 514 g/mol. The Morgan fingerprint density at radius 3 is 2.70 bits per heavy atom. The molecule has 4 rings (SSSR count). The first-order valence-electron chi connectivity index (χ1n) is 12.8. The fourth-order valence-corrected chi connectivity index (χ4v) is 5.51. The molecule has 0 spiro atoms. The van der Waals surface area contributed by atoms with Gasteiger partial charge in [-0.25, -0.2) is 13.2 Å². The van der Waals surface area contributed by atoms with Gasteiger partial charge in [0.15, 0.2) is 0 Å². The van der Waals surface area contributed by atoms with Crippen LogP contribution in [-0.4, -0.2) is 47.7 Å². The normalized spacial score (nSPS) is 19.1. The quantitative estimate of drug-likeness (QED) is 0.323. The third-order valence-corrected chi connectivity index (χ3v) is 7.49. The maximum absolute atomic E-state index is 15.5. The number of carbonyl (C=O) groups is 1. The Kier molecular flexibility index (Phi) is 9.03. The van der Waals surface area contributed by atoms with Crippen LogP contribution in [0.1, 0.15) is 49.4 Å². The van der Waals surface area contributed by atoms with Gasteiger partial charge in [-0.1, -0.05) is 6.07 Å². The van der Waals surface area contributed by atoms with Crippen molar-refractivity contribution in [3.8, 4) is 5.75 Å². The fourth-order valence-electron chi connectivity index (χ4n) is 5.51. The number of carboxylic acid groups (broad SMARTS) is 1. The molecule has 3 aromatic rings. The summed E-state index contributed by atoms with van der Waals surface area (Å²) in [5, 5.41) is 10.2. The van der Waals surface area contributed by atoms with E-state index in [1.165, 1.54) is 18.2 Å². The van der Waals surface area contributed by atoms with Crippen LogP contribution in [0.3, 0.4) is 0 Å². The molecule has 0 bridgehead atoms. The van der Waals surface area contributed by atoms with E-state index in [0.717, 1.165) is 18.4 Å². The summed E-state index contributed by atoms with van der Waals surface area (Å²) in [6, 6.07) is 11.0. The lowest BCUT2D eigenvalue weighted by atomic mass is 9.79. The zero-order valence-corrected chi connectivity index (χ0v) is 21.0. The number of piperidine rings is 1. The Labute approximate surface area is 215 Å². The summed E-state index contributed by atoms with van der Waals surface area (Å²) in [5.74, 6) is -1.31. The lowest BCUT2D eigenvalue weighted by Gasteiger charge is -2.38. The van der Waals surface area contributed by atoms with Gasteiger partial charge in [0.2, 0.25) is 0 Å². The molecule has 0 unspecified atom stereocenters. The number of nitrogens with zero attached hydrogens (tertiary/aromatic N) is 2. The van der Waals surface area contributed by atoms with Gasteiger partial charge >= 0.3 is 5.97 Å². The topological polar surface area (TPSA) is 62.7 Å². The molecule has 1 aliphatic rings. The van der Waals surface area contributed by atoms with Crippen molar-refractivity contribution in [1.29, 1.82) is 0 Å². The lowest BCUT2D eigenvalue weighted by molar-refractivity contribution is -0.139. The van der Waals surface area contributed by atoms with Crippen LogP contribution in [-0.2, 0) is 11.2 Å². The lowest BCUT2D eigenvalue weighted by Crippen LogP contribution is -2.42. The van der Waals surface area contributed by atoms with Crippen molar-refractivity contribution < 1.29 is 27.8 Å². The molecule has 0 saturated carbocycles. The molecule has 8 heteroatoms. The van der Waals surface area contributed by atoms with E-state index in [-0.39, 0.29) is 30.2 Å². The van der Waals surface area contributed by atoms with E-state index in [9.17, 15) is 18.7 Å². The largest absolute Gasteiger partial charge is 0.497 e. The summed E-state index contributed by atoms with van der Waals surface area (Å²) in [6.45, 7) is 1.98. The molecule has 1 aromatic heterocycles. The molecule has 37 heavy (non-hydrogen) atoms. The van der Waals surface area contributed by atoms with Crippen molar-refractivity contribution in [3.05, 3.63) is 71.4 Å². The number of rotatable bonds is 11. The molecule has 198 valence electrons. The van der Waals surface area contributed by atoms with Gasteiger partial charge in [0.05, 0.1) is 12.6 Å². The van der Waals surface area contributed by atoms with E-state index in [2.05, 4.69) is 9.88 Å². The average Bonchev–Trinajstić information content (AvgIpc) is 2.88. The third-order valence-electron chi connectivity index (χ3n) is 7.49. The van der Waals surface area contributed by atoms with Crippen LogP contribution in [0.2, 0.25) is 0 Å². The molecular weight excluding hydrogens is 481 g/mol. The van der Waals surface area contributed by atoms with E-state index in [1.54, 1.807) is 31.5 Å². The second-order valence-corrected chi connectivity index (χ2v) is 9.84. The number of fused-ring (bicyclic) bond motifs is 1. The summed E-state index contributed by atoms with van der Waals surface area (Å²) in [4.78, 5) is 18.1. The Morgan fingerprint density at radius 1 is 1.19 bits per heavy atom. The first kappa shape index (κ1) is 26.9. The summed E-state index contributed by atoms with van der Waals surface area (Å²) in [5.41, 5.74) is 1.36. The molecular formula is C29H33F3N2O3. The van der Waals surface area contributed by atoms with Crippen LogP contribution in [0, 0.1) is 23.5 Å². The zero-order chi connectivity index (χ0) is 26.4. The maximum atomic E-state index is 15.5. The number of ether oxygens (including phenoxy) is 1. The number of halogens is 3. The zero-order valence-electron chi connectivity index (χ0n) is 21.0. The first-order chi connectivity index (χ1) is 17.9. The number of aromatic nitrogens is 1. The van der Waals surface area contributed by atoms with Gasteiger partial charge in [-0.3, -0.25) is 9.78 Å². The molecule has 0 aliphatic carbocycles. The van der Waals surface area contributed by atoms with Gasteiger partial charge in [-0.2, -0.15) is 0 Å². The maximum Gasteiger partial charge on any atom is 0.303 e. The number of alkyl halides is 1. The minimum absolute atomic E-state index is 0.0233. The summed E-state index contributed by atoms with van der Waals surface area (Å²) in [6.07, 6.45) is 2.94. The second kappa shape index (κ2) is 12.4. The van der Waals surface area contributed by atoms with Crippen molar-refractivity contribution in [1.82, 2.24) is 9.88 Å². The number of hydrogen-bond acceptors (Lipinski definition) is 4. The highest BCUT2D eigenvalue weighted by atomic mass is 19.1. The molecule has 2 heterocycles. The van der Waals surface area contributed by atoms with E-state index in [4.69, 9.17) is 4.74 Å². The van der Waals surface area contributed by atoms with Gasteiger partial charge in [0.1, 0.15) is 23.6 Å². The number of likely N-dealkylation sites (tertiary alicyclic amines) is 1. The van der Waals surface area contributed by atoms with Gasteiger partial charge in [0, 0.05) is 30.1 Å². The number of methoxy groups -OCH3 is 1. The number of benzene rings is 2. The molecule has 1 aliphatic heterocycles. The molecule has 1 fully saturated rings. The van der Waals surface area contributed by atoms with Crippen molar-refractivity contribution >= 4 is 16.9 Å². The predicted molar refractivity (Wildman–Crippen MR) is 136 cm³/mol. The van der Waals surface area contributed by atoms with Crippen molar-refractivity contribution in [2.75, 3.05) is 26.7 Å². The summed E-state index contributed by atoms with van der Waals surface area (Å²) >= 11 is 0. The summed E-state index contributed by atoms with van der Waals surface area (Å²) < 4.78 is 48.6. The van der Waals surface area contributed by atoms with Crippen molar-refractivity contribution in [2.45, 2.75) is 44.7 Å². The SMILES string of the molecule is COc1ccc2nccc([C@H](F)CC[C@@H]3CCN(CCCc4c(F)cccc4F)C[C@@H]3CC(=O)O)c2c1. The average molecular weight is 515 g/mol. The van der Waals surface area contributed by atoms with E-state index < -0.39 is 23.8 Å². The molecule has 0 amide bonds. The van der Waals surface area contributed by atoms with Gasteiger partial charge in [0.25, 0.3) is 0 Å². The highest BCUT2D eigenvalue weighted by Crippen LogP contribution is 2.36. The van der Waals surface area contributed by atoms with Crippen LogP contribution in [0.25, 0.3) is 10.9 Å². The number of aliphatic carboxylic acids is 1. The Balaban J connectivity index is 1.35. The standard InChI is InChI=1S/C29H33F3N2O3/c1-37-21-8-10-28-24(17-21)22(11-13-33-28)27(32)9-7-19-12-15-34(18-20(19)16-29(35)36)14-3-4-23-25(30)5-2-6-26(23)31/h2,5-6,8,10-11,13,17,19-20,27H,3-4,7,9,12,14-16,18H2,1H3,(H,35,36)/t19-,20+,27-/m1/s1. The number of carboxylic acids is 1. The van der Waals surface area contributed by atoms with Crippen LogP contribution in [0.4, 0.5) is 13.2 Å². The van der Waals surface area contributed by atoms with Gasteiger partial charge in [-0.15, -0.1) is 0 Å². The van der Waals surface area contributed by atoms with Gasteiger partial charge in [-0.05, 0) is 99.0 Å². The number of pyridine rings is 1. The molecule has 0 radical (unpaired) electrons. The van der Waals surface area contributed by atoms with Crippen LogP contribution in [0.5, 0.6) is 5.75 Å². The highest BCUT2D eigenvalue weighted by molar-refractivity contribution is 5.83. The molecule has 2 aromatic carbocycles. The second-order valence-electron chi connectivity index (χ2n) is 9.84. The molecule has 1 saturated heterocycles. The smallest absolute Gasteiger partial charge is 0.303 e. The number of hydrogen-bond donors (Lipinski definition) is 1. The fraction of sp³-hybridized carbons (Fsp3) is 0.448. The van der Waals surface area contributed by atoms with Crippen molar-refractivity contribution in [2.24, 2.45) is 11.8 Å². The van der Waals surface area contributed by atoms with Crippen LogP contribution >= 0.6 is 0 Å². The molecule has 5 nitrogen and oxygen atoms in total. The molecule has 3 atom stereocenters. The third kappa shape index (κ3) is 6.80. The van der Waals surface area contributed by atoms with E-state index >= 15 is 4.39 Å². The Bertz CT molecular complexity index is 1200. The van der Waals surface area contributed by atoms with E-state index in [0.29, 0.717) is 49.2 Å². The van der Waals surface area contributed by atoms with Gasteiger partial charge < -0.3 is 14.7 Å². The Hall–Kier alpha value is -3.13. The van der Waals surface area contributed by atoms with Crippen LogP contribution in [0.15, 0.2) is 48.7 Å². The van der Waals surface area contributed by atoms with Crippen molar-refractivity contribution in [3.63, 3.8) is 0 Å². The minimum Gasteiger partial charge on any atom is -0.497 e. The van der Waals surface area contributed by atoms with E-state index in [1.807, 2.05) is 6.07 Å². The Morgan fingerprint density at radius 2 is 1.97 bits per heavy atom. The molecule has 1 N–H and O–H groups in total. The predicted octanol–water partition coefficient (Wildman–Crippen LogP) is 6.36. The first-order valence-corrected chi connectivity index (χ1v) is 12.8.